The molecule has 0 aliphatic carbocycles. The molecule has 0 amide bonds. The van der Waals surface area contributed by atoms with Crippen molar-refractivity contribution in [1.29, 1.82) is 5.26 Å². The highest BCUT2D eigenvalue weighted by molar-refractivity contribution is 6.12. The van der Waals surface area contributed by atoms with E-state index in [9.17, 15) is 5.26 Å². The molecule has 0 aliphatic rings. The minimum Gasteiger partial charge on any atom is -0.307 e. The Labute approximate surface area is 514 Å². The first kappa shape index (κ1) is 49.7. The Morgan fingerprint density at radius 3 is 0.878 bits per heavy atom. The third kappa shape index (κ3) is 7.18. The zero-order valence-corrected chi connectivity index (χ0v) is 48.3. The van der Waals surface area contributed by atoms with Crippen LogP contribution in [0.15, 0.2) is 297 Å². The van der Waals surface area contributed by atoms with Gasteiger partial charge in [0, 0.05) is 21.5 Å². The van der Waals surface area contributed by atoms with Gasteiger partial charge in [0.25, 0.3) is 0 Å². The Kier molecular flexibility index (Phi) is 10.6. The van der Waals surface area contributed by atoms with Crippen LogP contribution in [0.4, 0.5) is 0 Å². The van der Waals surface area contributed by atoms with Gasteiger partial charge >= 0.3 is 0 Å². The average molecular weight is 1150 g/mol. The molecule has 418 valence electrons. The van der Waals surface area contributed by atoms with Gasteiger partial charge in [0.1, 0.15) is 11.6 Å². The fourth-order valence-electron chi connectivity index (χ4n) is 14.5. The molecule has 9 nitrogen and oxygen atoms in total. The van der Waals surface area contributed by atoms with Crippen molar-refractivity contribution in [2.24, 2.45) is 0 Å². The summed E-state index contributed by atoms with van der Waals surface area (Å²) in [7, 11) is 0. The summed E-state index contributed by atoms with van der Waals surface area (Å²) in [6, 6.07) is 109. The summed E-state index contributed by atoms with van der Waals surface area (Å²) in [6.07, 6.45) is 0. The molecular formula is C81H49N9. The summed E-state index contributed by atoms with van der Waals surface area (Å²) < 4.78 is 13.9. The van der Waals surface area contributed by atoms with E-state index < -0.39 is 0 Å². The van der Waals surface area contributed by atoms with Gasteiger partial charge in [-0.1, -0.05) is 218 Å². The lowest BCUT2D eigenvalue weighted by atomic mass is 10.0. The predicted octanol–water partition coefficient (Wildman–Crippen LogP) is 19.9. The van der Waals surface area contributed by atoms with Crippen LogP contribution in [-0.4, -0.2) is 37.0 Å². The molecule has 19 aromatic rings. The minimum absolute atomic E-state index is 0.429. The summed E-state index contributed by atoms with van der Waals surface area (Å²) in [6.45, 7) is 0. The molecule has 90 heavy (non-hydrogen) atoms. The van der Waals surface area contributed by atoms with Crippen LogP contribution >= 0.6 is 0 Å². The highest BCUT2D eigenvalue weighted by Crippen LogP contribution is 2.47. The molecule has 0 fully saturated rings. The molecule has 0 saturated carbocycles. The van der Waals surface area contributed by atoms with Crippen LogP contribution in [0.5, 0.6) is 0 Å². The van der Waals surface area contributed by atoms with E-state index in [0.29, 0.717) is 28.5 Å². The number of aromatic nitrogens is 8. The summed E-state index contributed by atoms with van der Waals surface area (Å²) in [5.41, 5.74) is 23.3. The van der Waals surface area contributed by atoms with Crippen molar-refractivity contribution in [3.8, 4) is 73.3 Å². The summed E-state index contributed by atoms with van der Waals surface area (Å²) in [5, 5.41) is 17.5. The van der Waals surface area contributed by atoms with Crippen molar-refractivity contribution in [3.05, 3.63) is 303 Å². The number of imidazole rings is 4. The van der Waals surface area contributed by atoms with Gasteiger partial charge in [-0.3, -0.25) is 17.9 Å². The van der Waals surface area contributed by atoms with Crippen molar-refractivity contribution in [2.45, 2.75) is 0 Å². The lowest BCUT2D eigenvalue weighted by Gasteiger charge is -2.24. The third-order valence-electron chi connectivity index (χ3n) is 18.4. The lowest BCUT2D eigenvalue weighted by Crippen LogP contribution is -2.14. The van der Waals surface area contributed by atoms with Crippen molar-refractivity contribution in [3.63, 3.8) is 0 Å². The number of rotatable bonds is 8. The van der Waals surface area contributed by atoms with Crippen molar-refractivity contribution >= 4 is 99.3 Å². The Morgan fingerprint density at radius 2 is 0.544 bits per heavy atom. The molecule has 0 aliphatic heterocycles. The van der Waals surface area contributed by atoms with E-state index in [-0.39, 0.29) is 0 Å². The van der Waals surface area contributed by atoms with E-state index in [1.807, 2.05) is 0 Å². The number of nitrogens with zero attached hydrogens (tertiary/aromatic N) is 9. The number of hydrogen-bond donors (Lipinski definition) is 0. The molecule has 6 heterocycles. The number of nitriles is 1. The van der Waals surface area contributed by atoms with Gasteiger partial charge in [-0.15, -0.1) is 0 Å². The van der Waals surface area contributed by atoms with E-state index in [1.165, 1.54) is 0 Å². The second-order valence-corrected chi connectivity index (χ2v) is 23.3. The zero-order chi connectivity index (χ0) is 59.1. The molecule has 0 bridgehead atoms. The first-order chi connectivity index (χ1) is 44.6. The number of benzene rings is 13. The molecule has 0 atom stereocenters. The van der Waals surface area contributed by atoms with Gasteiger partial charge in [-0.05, 0) is 123 Å². The van der Waals surface area contributed by atoms with E-state index >= 15 is 0 Å². The summed E-state index contributed by atoms with van der Waals surface area (Å²) in [4.78, 5) is 11.4. The SMILES string of the molecule is N#Cc1c(-n2c3ccc(-c4ccccc4)cc3n3c4cc(-c5ccccc5)ccc4nc23)c(-n2c3ccccc3c3ccccc32)cc(-n2c3ccccc3c3ccccc32)c1-n1c2ccc(-c3ccccc3)cc2n2c3cc(-c4ccccc4)ccc3nc12. The molecule has 13 aromatic carbocycles. The summed E-state index contributed by atoms with van der Waals surface area (Å²) >= 11 is 0. The fourth-order valence-corrected chi connectivity index (χ4v) is 14.5. The number of para-hydroxylation sites is 4. The van der Waals surface area contributed by atoms with Crippen LogP contribution in [0.2, 0.25) is 0 Å². The van der Waals surface area contributed by atoms with Gasteiger partial charge in [-0.2, -0.15) is 5.26 Å². The third-order valence-corrected chi connectivity index (χ3v) is 18.4. The van der Waals surface area contributed by atoms with Gasteiger partial charge in [-0.25, -0.2) is 9.97 Å². The Morgan fingerprint density at radius 1 is 0.244 bits per heavy atom. The van der Waals surface area contributed by atoms with Crippen LogP contribution in [-0.2, 0) is 0 Å². The normalized spacial score (nSPS) is 12.0. The van der Waals surface area contributed by atoms with Crippen LogP contribution in [0.25, 0.3) is 167 Å². The van der Waals surface area contributed by atoms with Gasteiger partial charge < -0.3 is 9.13 Å². The Hall–Kier alpha value is -12.5. The molecule has 0 spiro atoms. The first-order valence-electron chi connectivity index (χ1n) is 30.4. The maximum Gasteiger partial charge on any atom is 0.220 e. The van der Waals surface area contributed by atoms with Crippen molar-refractivity contribution < 1.29 is 0 Å². The van der Waals surface area contributed by atoms with Crippen LogP contribution < -0.4 is 0 Å². The van der Waals surface area contributed by atoms with E-state index in [2.05, 4.69) is 330 Å². The quantitative estimate of drug-likeness (QED) is 0.152. The maximum atomic E-state index is 13.1. The maximum absolute atomic E-state index is 13.1. The second kappa shape index (κ2) is 19.2. The standard InChI is InChI=1S/C81H49N9/c82-50-63-78(89-70-43-39-57(53-25-9-3-10-26-53)47-74(70)87-72-45-55(51-21-5-1-6-22-51)37-41-64(72)83-80(87)89)76(85-66-33-17-13-29-59(66)60-30-14-18-34-67(60)85)49-77(86-68-35-19-15-31-61(68)62-32-16-20-36-69(62)86)79(63)90-71-44-40-58(54-27-11-4-12-28-54)48-75(71)88-73-46-56(52-23-7-2-8-24-52)38-42-65(73)84-81(88)90/h1-49H. The Balaban J connectivity index is 1.04. The highest BCUT2D eigenvalue weighted by Gasteiger charge is 2.33. The monoisotopic (exact) mass is 1150 g/mol. The zero-order valence-electron chi connectivity index (χ0n) is 48.3. The lowest BCUT2D eigenvalue weighted by molar-refractivity contribution is 1.01. The number of hydrogen-bond acceptors (Lipinski definition) is 3. The largest absolute Gasteiger partial charge is 0.307 e. The first-order valence-corrected chi connectivity index (χ1v) is 30.4. The molecule has 0 radical (unpaired) electrons. The second-order valence-electron chi connectivity index (χ2n) is 23.3. The molecule has 0 N–H and O–H groups in total. The number of fused-ring (bicyclic) bond motifs is 16. The predicted molar refractivity (Wildman–Crippen MR) is 368 cm³/mol. The molecular weight excluding hydrogens is 1100 g/mol. The van der Waals surface area contributed by atoms with Crippen LogP contribution in [0.3, 0.4) is 0 Å². The van der Waals surface area contributed by atoms with Gasteiger partial charge in [0.05, 0.1) is 88.9 Å². The molecule has 0 saturated heterocycles. The van der Waals surface area contributed by atoms with Gasteiger partial charge in [0.2, 0.25) is 11.6 Å². The van der Waals surface area contributed by atoms with Crippen LogP contribution in [0, 0.1) is 11.3 Å². The fraction of sp³-hybridized carbons (Fsp3) is 0. The summed E-state index contributed by atoms with van der Waals surface area (Å²) in [5.74, 6) is 1.33. The van der Waals surface area contributed by atoms with Crippen molar-refractivity contribution in [1.82, 2.24) is 37.0 Å². The van der Waals surface area contributed by atoms with E-state index in [1.54, 1.807) is 0 Å². The Bertz CT molecular complexity index is 5730. The minimum atomic E-state index is 0.429. The van der Waals surface area contributed by atoms with Crippen LogP contribution in [0.1, 0.15) is 5.56 Å². The molecule has 0 unspecified atom stereocenters. The highest BCUT2D eigenvalue weighted by atomic mass is 15.3. The van der Waals surface area contributed by atoms with E-state index in [0.717, 1.165) is 144 Å². The average Bonchev–Trinajstić information content (AvgIpc) is 1.52. The smallest absolute Gasteiger partial charge is 0.220 e. The van der Waals surface area contributed by atoms with E-state index in [4.69, 9.17) is 9.97 Å². The molecule has 19 rings (SSSR count). The topological polar surface area (TPSA) is 78.1 Å². The van der Waals surface area contributed by atoms with Gasteiger partial charge in [0.15, 0.2) is 0 Å². The molecule has 9 heteroatoms. The molecule has 6 aromatic heterocycles. The van der Waals surface area contributed by atoms with Crippen molar-refractivity contribution in [2.75, 3.05) is 0 Å².